The number of carbonyl (C=O) groups is 2. The molecule has 3 aliphatic carbocycles. The van der Waals surface area contributed by atoms with E-state index in [4.69, 9.17) is 21.1 Å². The van der Waals surface area contributed by atoms with Crippen LogP contribution in [0.1, 0.15) is 79.3 Å². The molecule has 2 amide bonds. The van der Waals surface area contributed by atoms with E-state index in [1.807, 2.05) is 18.2 Å². The van der Waals surface area contributed by atoms with E-state index in [0.717, 1.165) is 80.9 Å². The van der Waals surface area contributed by atoms with Crippen molar-refractivity contribution >= 4 is 39.0 Å². The lowest BCUT2D eigenvalue weighted by Crippen LogP contribution is -2.49. The second-order valence-electron chi connectivity index (χ2n) is 13.9. The number of hydrogen-bond acceptors (Lipinski definition) is 6. The van der Waals surface area contributed by atoms with Crippen LogP contribution in [0.15, 0.2) is 52.9 Å². The molecule has 2 bridgehead atoms. The average molecular weight is 666 g/mol. The van der Waals surface area contributed by atoms with Crippen molar-refractivity contribution < 1.29 is 23.3 Å². The zero-order valence-electron chi connectivity index (χ0n) is 26.5. The summed E-state index contributed by atoms with van der Waals surface area (Å²) in [6.07, 6.45) is 13.2. The number of fused-ring (bicyclic) bond motifs is 4. The number of anilines is 1. The monoisotopic (exact) mass is 665 g/mol. The maximum Gasteiger partial charge on any atom is 0.286 e. The molecule has 1 unspecified atom stereocenters. The van der Waals surface area contributed by atoms with Gasteiger partial charge in [-0.1, -0.05) is 36.2 Å². The first-order valence-corrected chi connectivity index (χ1v) is 18.9. The first-order chi connectivity index (χ1) is 22.3. The number of allylic oxidation sites excluding steroid dienone is 1. The van der Waals surface area contributed by atoms with E-state index >= 15 is 0 Å². The van der Waals surface area contributed by atoms with Crippen LogP contribution in [0, 0.1) is 17.8 Å². The summed E-state index contributed by atoms with van der Waals surface area (Å²) in [6, 6.07) is 11.7. The van der Waals surface area contributed by atoms with Crippen LogP contribution in [0.25, 0.3) is 0 Å². The summed E-state index contributed by atoms with van der Waals surface area (Å²) < 4.78 is 33.7. The molecular formula is C36H44ClN3O5S. The highest BCUT2D eigenvalue weighted by molar-refractivity contribution is 7.92. The highest BCUT2D eigenvalue weighted by atomic mass is 35.5. The van der Waals surface area contributed by atoms with E-state index < -0.39 is 15.8 Å². The third-order valence-corrected chi connectivity index (χ3v) is 13.1. The van der Waals surface area contributed by atoms with E-state index in [2.05, 4.69) is 38.3 Å². The van der Waals surface area contributed by atoms with Crippen LogP contribution < -0.4 is 14.4 Å². The number of halogens is 1. The molecule has 8 nitrogen and oxygen atoms in total. The van der Waals surface area contributed by atoms with Crippen molar-refractivity contribution in [3.05, 3.63) is 70.3 Å². The number of nitrogens with one attached hydrogen (secondary N) is 1. The number of rotatable bonds is 3. The maximum absolute atomic E-state index is 14.1. The van der Waals surface area contributed by atoms with Gasteiger partial charge in [-0.25, -0.2) is 4.21 Å². The highest BCUT2D eigenvalue weighted by Crippen LogP contribution is 2.47. The third kappa shape index (κ3) is 6.22. The van der Waals surface area contributed by atoms with Gasteiger partial charge in [-0.15, -0.1) is 4.36 Å². The maximum atomic E-state index is 14.1. The second-order valence-corrected chi connectivity index (χ2v) is 16.4. The van der Waals surface area contributed by atoms with Crippen molar-refractivity contribution in [2.24, 2.45) is 22.1 Å². The fraction of sp³-hybridized carbons (Fsp3) is 0.556. The smallest absolute Gasteiger partial charge is 0.286 e. The number of ether oxygens (including phenoxy) is 2. The summed E-state index contributed by atoms with van der Waals surface area (Å²) in [5, 5.41) is 0.752. The Labute approximate surface area is 277 Å². The first kappa shape index (κ1) is 31.7. The molecule has 5 atom stereocenters. The van der Waals surface area contributed by atoms with Crippen molar-refractivity contribution in [3.63, 3.8) is 0 Å². The molecule has 1 N–H and O–H groups in total. The molecular weight excluding hydrogens is 622 g/mol. The minimum absolute atomic E-state index is 0.0128. The predicted molar refractivity (Wildman–Crippen MR) is 181 cm³/mol. The standard InChI is InChI=1S/C36H44ClN3O5S/c1-44-32-10-3-2-4-18-46(43,38-34(41)24-7-5-8-24)39-35(42)26-12-16-33-31(20-26)40(21-27-11-14-29(27)32)22-36(23-45-33)17-6-9-25-19-28(37)13-15-30(25)36/h3,10,12-13,15-16,19-20,24,27,29,32H,2,4-9,11,14,17-18,21-23H2,1H3,(H,38,39,41,42,43)/b10-3-/t27-,29+,32-,36-,46?/m0/s1. The molecule has 2 aromatic rings. The van der Waals surface area contributed by atoms with Crippen molar-refractivity contribution in [2.75, 3.05) is 37.5 Å². The van der Waals surface area contributed by atoms with E-state index in [9.17, 15) is 13.8 Å². The summed E-state index contributed by atoms with van der Waals surface area (Å²) in [5.74, 6) is 0.624. The van der Waals surface area contributed by atoms with Crippen LogP contribution in [-0.4, -0.2) is 54.7 Å². The van der Waals surface area contributed by atoms with Gasteiger partial charge in [-0.05, 0) is 111 Å². The van der Waals surface area contributed by atoms with Crippen molar-refractivity contribution in [2.45, 2.75) is 75.7 Å². The quantitative estimate of drug-likeness (QED) is 0.369. The Kier molecular flexibility index (Phi) is 8.94. The van der Waals surface area contributed by atoms with Gasteiger partial charge in [0.1, 0.15) is 15.7 Å². The molecule has 2 heterocycles. The fourth-order valence-electron chi connectivity index (χ4n) is 8.02. The van der Waals surface area contributed by atoms with Gasteiger partial charge in [0.2, 0.25) is 5.91 Å². The van der Waals surface area contributed by atoms with Crippen LogP contribution in [0.5, 0.6) is 5.75 Å². The van der Waals surface area contributed by atoms with Crippen LogP contribution in [0.3, 0.4) is 0 Å². The largest absolute Gasteiger partial charge is 0.490 e. The number of nitrogens with zero attached hydrogens (tertiary/aromatic N) is 2. The number of methoxy groups -OCH3 is 1. The first-order valence-electron chi connectivity index (χ1n) is 16.9. The van der Waals surface area contributed by atoms with Gasteiger partial charge in [0, 0.05) is 42.1 Å². The molecule has 0 radical (unpaired) electrons. The normalized spacial score (nSPS) is 32.0. The minimum atomic E-state index is -3.31. The lowest BCUT2D eigenvalue weighted by molar-refractivity contribution is -0.125. The fourth-order valence-corrected chi connectivity index (χ4v) is 9.87. The zero-order chi connectivity index (χ0) is 31.9. The molecule has 10 heteroatoms. The van der Waals surface area contributed by atoms with E-state index in [1.165, 1.54) is 11.1 Å². The number of benzene rings is 2. The lowest BCUT2D eigenvalue weighted by Gasteiger charge is -2.46. The number of amides is 2. The molecule has 0 saturated heterocycles. The number of carbonyl (C=O) groups excluding carboxylic acids is 2. The molecule has 2 aliphatic heterocycles. The van der Waals surface area contributed by atoms with Crippen LogP contribution in [0.2, 0.25) is 5.02 Å². The van der Waals surface area contributed by atoms with Gasteiger partial charge in [0.05, 0.1) is 24.2 Å². The van der Waals surface area contributed by atoms with Crippen LogP contribution in [-0.2, 0) is 31.3 Å². The van der Waals surface area contributed by atoms with Gasteiger partial charge < -0.3 is 14.4 Å². The Bertz CT molecular complexity index is 1660. The molecule has 46 heavy (non-hydrogen) atoms. The summed E-state index contributed by atoms with van der Waals surface area (Å²) >= 11 is 6.44. The molecule has 246 valence electrons. The molecule has 5 aliphatic rings. The van der Waals surface area contributed by atoms with Crippen LogP contribution >= 0.6 is 11.6 Å². The SMILES string of the molecule is CO[C@H]1/C=C\CCCS(=O)(NC(=O)C2CCC2)=NC(=O)c2ccc3c(c2)N(C[C@@H]2CC[C@H]21)C[C@@]1(CCCc2cc(Cl)ccc21)CO3. The number of hydrogen-bond donors (Lipinski definition) is 1. The molecule has 7 rings (SSSR count). The lowest BCUT2D eigenvalue weighted by atomic mass is 9.68. The Hall–Kier alpha value is -2.88. The Morgan fingerprint density at radius 2 is 2.00 bits per heavy atom. The van der Waals surface area contributed by atoms with Gasteiger partial charge >= 0.3 is 0 Å². The highest BCUT2D eigenvalue weighted by Gasteiger charge is 2.44. The predicted octanol–water partition coefficient (Wildman–Crippen LogP) is 6.64. The van der Waals surface area contributed by atoms with Crippen molar-refractivity contribution in [3.8, 4) is 5.75 Å². The van der Waals surface area contributed by atoms with E-state index in [-0.39, 0.29) is 29.1 Å². The molecule has 2 fully saturated rings. The molecule has 2 aromatic carbocycles. The Morgan fingerprint density at radius 1 is 1.13 bits per heavy atom. The molecule has 2 saturated carbocycles. The van der Waals surface area contributed by atoms with Gasteiger partial charge in [-0.3, -0.25) is 14.3 Å². The van der Waals surface area contributed by atoms with Crippen molar-refractivity contribution in [1.29, 1.82) is 0 Å². The van der Waals surface area contributed by atoms with E-state index in [1.54, 1.807) is 13.2 Å². The zero-order valence-corrected chi connectivity index (χ0v) is 28.1. The summed E-state index contributed by atoms with van der Waals surface area (Å²) in [4.78, 5) is 29.0. The summed E-state index contributed by atoms with van der Waals surface area (Å²) in [6.45, 7) is 2.08. The van der Waals surface area contributed by atoms with Gasteiger partial charge in [0.25, 0.3) is 5.91 Å². The van der Waals surface area contributed by atoms with Gasteiger partial charge in [0.15, 0.2) is 0 Å². The molecule has 0 aromatic heterocycles. The Balaban J connectivity index is 1.29. The average Bonchev–Trinajstić information content (AvgIpc) is 3.13. The molecule has 1 spiro atoms. The van der Waals surface area contributed by atoms with Gasteiger partial charge in [-0.2, -0.15) is 0 Å². The topological polar surface area (TPSA) is 97.3 Å². The summed E-state index contributed by atoms with van der Waals surface area (Å²) in [7, 11) is -1.53. The summed E-state index contributed by atoms with van der Waals surface area (Å²) in [5.41, 5.74) is 3.54. The second kappa shape index (κ2) is 13.0. The Morgan fingerprint density at radius 3 is 2.76 bits per heavy atom. The minimum Gasteiger partial charge on any atom is -0.490 e. The van der Waals surface area contributed by atoms with E-state index in [0.29, 0.717) is 36.8 Å². The third-order valence-electron chi connectivity index (χ3n) is 11.0. The number of aryl methyl sites for hydroxylation is 1. The van der Waals surface area contributed by atoms with Crippen molar-refractivity contribution in [1.82, 2.24) is 4.72 Å². The van der Waals surface area contributed by atoms with Crippen LogP contribution in [0.4, 0.5) is 5.69 Å².